The van der Waals surface area contributed by atoms with E-state index in [1.54, 1.807) is 36.7 Å². The van der Waals surface area contributed by atoms with E-state index in [0.717, 1.165) is 11.1 Å². The molecule has 0 spiro atoms. The molecule has 10 heteroatoms. The molecule has 0 aliphatic rings. The molecule has 130 valence electrons. The van der Waals surface area contributed by atoms with Gasteiger partial charge in [0.1, 0.15) is 22.9 Å². The smallest absolute Gasteiger partial charge is 0.200 e. The van der Waals surface area contributed by atoms with Crippen molar-refractivity contribution < 1.29 is 9.47 Å². The van der Waals surface area contributed by atoms with Crippen LogP contribution in [0.1, 0.15) is 0 Å². The molecule has 0 bridgehead atoms. The summed E-state index contributed by atoms with van der Waals surface area (Å²) >= 11 is 0. The maximum Gasteiger partial charge on any atom is 0.200 e. The first kappa shape index (κ1) is 18.2. The Kier molecular flexibility index (Phi) is 6.43. The minimum absolute atomic E-state index is 0.471. The topological polar surface area (TPSA) is 140 Å². The van der Waals surface area contributed by atoms with Gasteiger partial charge >= 0.3 is 0 Å². The van der Waals surface area contributed by atoms with Crippen molar-refractivity contribution in [3.63, 3.8) is 0 Å². The van der Waals surface area contributed by atoms with Crippen molar-refractivity contribution in [3.05, 3.63) is 36.4 Å². The van der Waals surface area contributed by atoms with E-state index in [1.807, 2.05) is 12.1 Å². The van der Waals surface area contributed by atoms with Gasteiger partial charge in [0, 0.05) is 0 Å². The van der Waals surface area contributed by atoms with Crippen molar-refractivity contribution in [2.75, 3.05) is 14.2 Å². The fourth-order valence-electron chi connectivity index (χ4n) is 2.08. The molecule has 2 N–H and O–H groups in total. The molecule has 10 nitrogen and oxygen atoms in total. The van der Waals surface area contributed by atoms with Crippen molar-refractivity contribution in [1.29, 1.82) is 10.5 Å². The number of hydrogen-bond donors (Lipinski definition) is 2. The third-order valence-corrected chi connectivity index (χ3v) is 3.21. The predicted octanol–water partition coefficient (Wildman–Crippen LogP) is 3.51. The van der Waals surface area contributed by atoms with E-state index in [-0.39, 0.29) is 0 Å². The van der Waals surface area contributed by atoms with Crippen molar-refractivity contribution in [2.45, 2.75) is 0 Å². The van der Waals surface area contributed by atoms with Gasteiger partial charge in [-0.3, -0.25) is 0 Å². The largest absolute Gasteiger partial charge is 0.494 e. The van der Waals surface area contributed by atoms with Crippen LogP contribution in [0.5, 0.6) is 11.5 Å². The minimum Gasteiger partial charge on any atom is -0.494 e. The average molecular weight is 350 g/mol. The van der Waals surface area contributed by atoms with E-state index in [4.69, 9.17) is 20.0 Å². The van der Waals surface area contributed by atoms with Crippen molar-refractivity contribution in [2.24, 2.45) is 20.7 Å². The monoisotopic (exact) mass is 350 g/mol. The summed E-state index contributed by atoms with van der Waals surface area (Å²) in [5, 5.41) is 31.6. The highest BCUT2D eigenvalue weighted by Gasteiger charge is 2.09. The summed E-state index contributed by atoms with van der Waals surface area (Å²) in [6.45, 7) is 0. The molecule has 0 heterocycles. The Morgan fingerprint density at radius 3 is 1.54 bits per heavy atom. The summed E-state index contributed by atoms with van der Waals surface area (Å²) in [4.78, 5) is 0. The lowest BCUT2D eigenvalue weighted by Crippen LogP contribution is -1.91. The molecule has 0 saturated heterocycles. The SMILES string of the molecule is COc1cc(-c2ccc(N=NNC#N)c(OC)c2)ccc1N=NNC#N. The fraction of sp³-hybridized carbons (Fsp3) is 0.125. The number of hydrogen-bond acceptors (Lipinski definition) is 8. The first-order valence-electron chi connectivity index (χ1n) is 7.19. The number of benzene rings is 2. The third kappa shape index (κ3) is 4.43. The molecule has 0 radical (unpaired) electrons. The van der Waals surface area contributed by atoms with Crippen LogP contribution in [0.15, 0.2) is 57.1 Å². The molecule has 2 aromatic carbocycles. The van der Waals surface area contributed by atoms with Crippen LogP contribution < -0.4 is 20.3 Å². The van der Waals surface area contributed by atoms with Crippen LogP contribution in [-0.4, -0.2) is 14.2 Å². The van der Waals surface area contributed by atoms with E-state index < -0.39 is 0 Å². The van der Waals surface area contributed by atoms with E-state index in [0.29, 0.717) is 22.9 Å². The Balaban J connectivity index is 2.36. The number of methoxy groups -OCH3 is 2. The molecule has 0 aliphatic heterocycles. The molecule has 0 unspecified atom stereocenters. The van der Waals surface area contributed by atoms with Gasteiger partial charge in [-0.25, -0.2) is 0 Å². The number of nitrogens with one attached hydrogen (secondary N) is 2. The number of ether oxygens (including phenoxy) is 2. The van der Waals surface area contributed by atoms with Crippen molar-refractivity contribution in [3.8, 4) is 35.0 Å². The number of nitrogens with zero attached hydrogens (tertiary/aromatic N) is 6. The van der Waals surface area contributed by atoms with E-state index in [9.17, 15) is 0 Å². The maximum atomic E-state index is 8.41. The Bertz CT molecular complexity index is 836. The zero-order valence-electron chi connectivity index (χ0n) is 14.0. The van der Waals surface area contributed by atoms with Gasteiger partial charge in [0.15, 0.2) is 12.4 Å². The van der Waals surface area contributed by atoms with Crippen LogP contribution in [0, 0.1) is 22.9 Å². The van der Waals surface area contributed by atoms with Gasteiger partial charge < -0.3 is 9.47 Å². The lowest BCUT2D eigenvalue weighted by atomic mass is 10.0. The average Bonchev–Trinajstić information content (AvgIpc) is 2.68. The van der Waals surface area contributed by atoms with Gasteiger partial charge in [-0.15, -0.1) is 10.2 Å². The second-order valence-corrected chi connectivity index (χ2v) is 4.62. The summed E-state index contributed by atoms with van der Waals surface area (Å²) in [6, 6.07) is 10.7. The third-order valence-electron chi connectivity index (χ3n) is 3.21. The Hall–Kier alpha value is -4.18. The highest BCUT2D eigenvalue weighted by molar-refractivity contribution is 5.73. The molecule has 0 saturated carbocycles. The molecular weight excluding hydrogens is 336 g/mol. The lowest BCUT2D eigenvalue weighted by molar-refractivity contribution is 0.415. The predicted molar refractivity (Wildman–Crippen MR) is 91.5 cm³/mol. The summed E-state index contributed by atoms with van der Waals surface area (Å²) < 4.78 is 10.6. The van der Waals surface area contributed by atoms with Crippen LogP contribution in [0.4, 0.5) is 11.4 Å². The molecule has 2 aromatic rings. The van der Waals surface area contributed by atoms with Gasteiger partial charge in [0.05, 0.1) is 14.2 Å². The highest BCUT2D eigenvalue weighted by Crippen LogP contribution is 2.36. The van der Waals surface area contributed by atoms with E-state index in [2.05, 4.69) is 31.5 Å². The second-order valence-electron chi connectivity index (χ2n) is 4.62. The molecule has 0 atom stereocenters. The van der Waals surface area contributed by atoms with Crippen molar-refractivity contribution >= 4 is 11.4 Å². The van der Waals surface area contributed by atoms with Gasteiger partial charge in [-0.1, -0.05) is 22.6 Å². The van der Waals surface area contributed by atoms with Gasteiger partial charge in [-0.05, 0) is 35.4 Å². The first-order chi connectivity index (χ1) is 12.7. The molecule has 0 fully saturated rings. The van der Waals surface area contributed by atoms with E-state index >= 15 is 0 Å². The summed E-state index contributed by atoms with van der Waals surface area (Å²) in [5.74, 6) is 0.985. The second kappa shape index (κ2) is 9.20. The fourth-order valence-corrected chi connectivity index (χ4v) is 2.08. The molecule has 0 aliphatic carbocycles. The Morgan fingerprint density at radius 2 is 1.19 bits per heavy atom. The van der Waals surface area contributed by atoms with Crippen LogP contribution in [0.25, 0.3) is 11.1 Å². The van der Waals surface area contributed by atoms with Crippen LogP contribution in [-0.2, 0) is 0 Å². The molecule has 26 heavy (non-hydrogen) atoms. The van der Waals surface area contributed by atoms with Gasteiger partial charge in [0.2, 0.25) is 0 Å². The van der Waals surface area contributed by atoms with Crippen molar-refractivity contribution in [1.82, 2.24) is 10.9 Å². The number of rotatable bonds is 7. The Labute approximate surface area is 149 Å². The molecule has 0 aromatic heterocycles. The first-order valence-corrected chi connectivity index (χ1v) is 7.19. The maximum absolute atomic E-state index is 8.41. The van der Waals surface area contributed by atoms with E-state index in [1.165, 1.54) is 14.2 Å². The quantitative estimate of drug-likeness (QED) is 0.339. The molecule has 2 rings (SSSR count). The van der Waals surface area contributed by atoms with Crippen LogP contribution >= 0.6 is 0 Å². The van der Waals surface area contributed by atoms with Gasteiger partial charge in [-0.2, -0.15) is 21.4 Å². The standard InChI is InChI=1S/C16H14N8O2/c1-25-15-7-11(3-5-13(15)21-23-19-9-17)12-4-6-14(16(8-12)26-2)22-24-20-10-18/h3-8H,1-2H3,(H,19,21)(H,20,22). The Morgan fingerprint density at radius 1 is 0.769 bits per heavy atom. The summed E-state index contributed by atoms with van der Waals surface area (Å²) in [6.07, 6.45) is 3.29. The zero-order chi connectivity index (χ0) is 18.8. The van der Waals surface area contributed by atoms with Gasteiger partial charge in [0.25, 0.3) is 0 Å². The summed E-state index contributed by atoms with van der Waals surface area (Å²) in [7, 11) is 3.03. The number of nitriles is 2. The lowest BCUT2D eigenvalue weighted by Gasteiger charge is -2.10. The molecule has 0 amide bonds. The highest BCUT2D eigenvalue weighted by atomic mass is 16.5. The van der Waals surface area contributed by atoms with Crippen LogP contribution in [0.2, 0.25) is 0 Å². The molecular formula is C16H14N8O2. The zero-order valence-corrected chi connectivity index (χ0v) is 14.0. The summed E-state index contributed by atoms with van der Waals surface area (Å²) in [5.41, 5.74) is 6.82. The van der Waals surface area contributed by atoms with Crippen LogP contribution in [0.3, 0.4) is 0 Å². The minimum atomic E-state index is 0.471. The normalized spacial score (nSPS) is 10.3.